The zero-order valence-electron chi connectivity index (χ0n) is 16.9. The molecule has 154 valence electrons. The van der Waals surface area contributed by atoms with Crippen molar-refractivity contribution in [1.29, 1.82) is 0 Å². The Kier molecular flexibility index (Phi) is 5.45. The summed E-state index contributed by atoms with van der Waals surface area (Å²) >= 11 is 0. The number of piperidine rings is 1. The fourth-order valence-electron chi connectivity index (χ4n) is 4.68. The molecular formula is C21H32N4O3. The summed E-state index contributed by atoms with van der Waals surface area (Å²) in [6.07, 6.45) is 6.66. The molecule has 28 heavy (non-hydrogen) atoms. The molecule has 1 aromatic rings. The van der Waals surface area contributed by atoms with Gasteiger partial charge in [0.15, 0.2) is 5.69 Å². The number of nitrogens with zero attached hydrogens (tertiary/aromatic N) is 2. The number of hydrogen-bond donors (Lipinski definition) is 2. The highest BCUT2D eigenvalue weighted by atomic mass is 16.5. The number of aromatic nitrogens is 1. The van der Waals surface area contributed by atoms with Crippen molar-refractivity contribution < 1.29 is 14.1 Å². The second kappa shape index (κ2) is 7.85. The lowest BCUT2D eigenvalue weighted by Crippen LogP contribution is -2.57. The summed E-state index contributed by atoms with van der Waals surface area (Å²) < 4.78 is 5.30. The van der Waals surface area contributed by atoms with E-state index in [1.807, 2.05) is 4.90 Å². The summed E-state index contributed by atoms with van der Waals surface area (Å²) in [6, 6.07) is 2.15. The maximum atomic E-state index is 13.0. The van der Waals surface area contributed by atoms with Crippen molar-refractivity contribution in [2.45, 2.75) is 82.8 Å². The van der Waals surface area contributed by atoms with E-state index in [1.54, 1.807) is 6.07 Å². The lowest BCUT2D eigenvalue weighted by Gasteiger charge is -2.44. The van der Waals surface area contributed by atoms with Crippen LogP contribution in [0, 0.1) is 11.8 Å². The van der Waals surface area contributed by atoms with Crippen molar-refractivity contribution >= 4 is 11.8 Å². The van der Waals surface area contributed by atoms with Crippen LogP contribution in [0.25, 0.3) is 0 Å². The SMILES string of the molecule is CC1C(NC(=O)c2cc(C3CC3)on2)CCN(C(=O)[C@H]2CC[C@H](N)CC2)C1C. The van der Waals surface area contributed by atoms with Crippen LogP contribution in [0.3, 0.4) is 0 Å². The highest BCUT2D eigenvalue weighted by molar-refractivity contribution is 5.92. The Morgan fingerprint density at radius 1 is 1.14 bits per heavy atom. The first-order valence-corrected chi connectivity index (χ1v) is 10.8. The lowest BCUT2D eigenvalue weighted by atomic mass is 9.82. The molecule has 1 saturated heterocycles. The molecule has 3 fully saturated rings. The molecule has 3 unspecified atom stereocenters. The minimum atomic E-state index is -0.180. The molecule has 2 heterocycles. The Balaban J connectivity index is 1.34. The summed E-state index contributed by atoms with van der Waals surface area (Å²) in [6.45, 7) is 4.89. The van der Waals surface area contributed by atoms with Gasteiger partial charge >= 0.3 is 0 Å². The van der Waals surface area contributed by atoms with Gasteiger partial charge in [-0.05, 0) is 57.8 Å². The second-order valence-corrected chi connectivity index (χ2v) is 9.00. The molecule has 0 radical (unpaired) electrons. The summed E-state index contributed by atoms with van der Waals surface area (Å²) in [7, 11) is 0. The molecule has 1 aromatic heterocycles. The van der Waals surface area contributed by atoms with Crippen LogP contribution < -0.4 is 11.1 Å². The minimum absolute atomic E-state index is 0.0346. The highest BCUT2D eigenvalue weighted by Gasteiger charge is 2.39. The van der Waals surface area contributed by atoms with Gasteiger partial charge in [-0.15, -0.1) is 0 Å². The number of carbonyl (C=O) groups is 2. The van der Waals surface area contributed by atoms with Gasteiger partial charge in [0.1, 0.15) is 5.76 Å². The third kappa shape index (κ3) is 3.95. The largest absolute Gasteiger partial charge is 0.360 e. The van der Waals surface area contributed by atoms with Crippen molar-refractivity contribution in [3.63, 3.8) is 0 Å². The van der Waals surface area contributed by atoms with Crippen LogP contribution in [0.2, 0.25) is 0 Å². The van der Waals surface area contributed by atoms with Gasteiger partial charge in [-0.1, -0.05) is 12.1 Å². The van der Waals surface area contributed by atoms with Gasteiger partial charge < -0.3 is 20.5 Å². The molecule has 1 aliphatic heterocycles. The fourth-order valence-corrected chi connectivity index (χ4v) is 4.68. The Bertz CT molecular complexity index is 721. The Labute approximate surface area is 166 Å². The van der Waals surface area contributed by atoms with E-state index in [0.717, 1.165) is 50.7 Å². The number of nitrogens with two attached hydrogens (primary N) is 1. The van der Waals surface area contributed by atoms with Crippen LogP contribution in [-0.2, 0) is 4.79 Å². The molecule has 0 spiro atoms. The Hall–Kier alpha value is -1.89. The molecule has 2 saturated carbocycles. The van der Waals surface area contributed by atoms with Crippen molar-refractivity contribution in [2.75, 3.05) is 6.54 Å². The van der Waals surface area contributed by atoms with Crippen molar-refractivity contribution in [2.24, 2.45) is 17.6 Å². The topological polar surface area (TPSA) is 101 Å². The third-order valence-corrected chi connectivity index (χ3v) is 7.03. The molecule has 2 amide bonds. The van der Waals surface area contributed by atoms with E-state index >= 15 is 0 Å². The Morgan fingerprint density at radius 2 is 1.86 bits per heavy atom. The van der Waals surface area contributed by atoms with Crippen LogP contribution in [0.5, 0.6) is 0 Å². The molecule has 0 bridgehead atoms. The zero-order chi connectivity index (χ0) is 19.8. The molecule has 0 aromatic carbocycles. The minimum Gasteiger partial charge on any atom is -0.360 e. The van der Waals surface area contributed by atoms with E-state index in [-0.39, 0.29) is 41.8 Å². The van der Waals surface area contributed by atoms with E-state index in [0.29, 0.717) is 18.2 Å². The highest BCUT2D eigenvalue weighted by Crippen LogP contribution is 2.40. The average Bonchev–Trinajstić information content (AvgIpc) is 3.42. The van der Waals surface area contributed by atoms with E-state index in [9.17, 15) is 9.59 Å². The van der Waals surface area contributed by atoms with Crippen LogP contribution >= 0.6 is 0 Å². The number of nitrogens with one attached hydrogen (secondary N) is 1. The van der Waals surface area contributed by atoms with Gasteiger partial charge in [-0.3, -0.25) is 9.59 Å². The standard InChI is InChI=1S/C21H32N4O3/c1-12-13(2)25(21(27)15-5-7-16(22)8-6-15)10-9-17(12)23-20(26)18-11-19(28-24-18)14-3-4-14/h11-17H,3-10,22H2,1-2H3,(H,23,26)/t12?,13?,15-,16-,17?. The molecule has 2 aliphatic carbocycles. The summed E-state index contributed by atoms with van der Waals surface area (Å²) in [5.41, 5.74) is 6.34. The first kappa shape index (κ1) is 19.4. The van der Waals surface area contributed by atoms with Crippen LogP contribution in [0.1, 0.15) is 81.0 Å². The summed E-state index contributed by atoms with van der Waals surface area (Å²) in [5.74, 6) is 1.64. The van der Waals surface area contributed by atoms with Crippen LogP contribution in [0.4, 0.5) is 0 Å². The Morgan fingerprint density at radius 3 is 2.54 bits per heavy atom. The number of amides is 2. The quantitative estimate of drug-likeness (QED) is 0.825. The van der Waals surface area contributed by atoms with E-state index in [2.05, 4.69) is 24.3 Å². The van der Waals surface area contributed by atoms with Gasteiger partial charge in [-0.25, -0.2) is 0 Å². The maximum Gasteiger partial charge on any atom is 0.273 e. The van der Waals surface area contributed by atoms with Gasteiger partial charge in [0.05, 0.1) is 0 Å². The zero-order valence-corrected chi connectivity index (χ0v) is 16.9. The fraction of sp³-hybridized carbons (Fsp3) is 0.762. The molecule has 3 atom stereocenters. The maximum absolute atomic E-state index is 13.0. The van der Waals surface area contributed by atoms with Gasteiger partial charge in [0.25, 0.3) is 5.91 Å². The monoisotopic (exact) mass is 388 g/mol. The molecule has 3 N–H and O–H groups in total. The first-order chi connectivity index (χ1) is 13.4. The predicted molar refractivity (Wildman–Crippen MR) is 105 cm³/mol. The number of hydrogen-bond acceptors (Lipinski definition) is 5. The lowest BCUT2D eigenvalue weighted by molar-refractivity contribution is -0.141. The van der Waals surface area contributed by atoms with E-state index < -0.39 is 0 Å². The average molecular weight is 389 g/mol. The molecule has 3 aliphatic rings. The molecule has 4 rings (SSSR count). The van der Waals surface area contributed by atoms with Crippen molar-refractivity contribution in [1.82, 2.24) is 15.4 Å². The van der Waals surface area contributed by atoms with Gasteiger partial charge in [-0.2, -0.15) is 0 Å². The third-order valence-electron chi connectivity index (χ3n) is 7.03. The number of carbonyl (C=O) groups excluding carboxylic acids is 2. The van der Waals surface area contributed by atoms with E-state index in [4.69, 9.17) is 10.3 Å². The van der Waals surface area contributed by atoms with Crippen LogP contribution in [-0.4, -0.2) is 46.5 Å². The van der Waals surface area contributed by atoms with E-state index in [1.165, 1.54) is 0 Å². The van der Waals surface area contributed by atoms with Crippen LogP contribution in [0.15, 0.2) is 10.6 Å². The smallest absolute Gasteiger partial charge is 0.273 e. The first-order valence-electron chi connectivity index (χ1n) is 10.8. The predicted octanol–water partition coefficient (Wildman–Crippen LogP) is 2.42. The summed E-state index contributed by atoms with van der Waals surface area (Å²) in [5, 5.41) is 7.05. The molecular weight excluding hydrogens is 356 g/mol. The normalized spacial score (nSPS) is 33.5. The summed E-state index contributed by atoms with van der Waals surface area (Å²) in [4.78, 5) is 27.6. The van der Waals surface area contributed by atoms with Gasteiger partial charge in [0.2, 0.25) is 5.91 Å². The van der Waals surface area contributed by atoms with Gasteiger partial charge in [0, 0.05) is 42.6 Å². The number of likely N-dealkylation sites (tertiary alicyclic amines) is 1. The molecule has 7 heteroatoms. The number of rotatable bonds is 4. The van der Waals surface area contributed by atoms with Crippen molar-refractivity contribution in [3.8, 4) is 0 Å². The van der Waals surface area contributed by atoms with Crippen molar-refractivity contribution in [3.05, 3.63) is 17.5 Å². The second-order valence-electron chi connectivity index (χ2n) is 9.00. The molecule has 7 nitrogen and oxygen atoms in total.